The Morgan fingerprint density at radius 1 is 1.21 bits per heavy atom. The molecule has 24 heavy (non-hydrogen) atoms. The summed E-state index contributed by atoms with van der Waals surface area (Å²) in [7, 11) is 1.76. The number of amides is 2. The quantitative estimate of drug-likeness (QED) is 0.216. The second-order valence-electron chi connectivity index (χ2n) is 5.30. The van der Waals surface area contributed by atoms with Crippen LogP contribution >= 0.6 is 35.7 Å². The topological polar surface area (TPSA) is 77.6 Å². The number of thioether (sulfide) groups is 1. The molecule has 4 N–H and O–H groups in total. The molecule has 8 heteroatoms. The molecule has 0 saturated carbocycles. The molecular weight excluding hydrogens is 437 g/mol. The van der Waals surface area contributed by atoms with Crippen LogP contribution in [0.4, 0.5) is 10.5 Å². The van der Waals surface area contributed by atoms with Crippen LogP contribution in [-0.4, -0.2) is 43.6 Å². The Balaban J connectivity index is 0.00000529. The molecular formula is C16H28IN5OS. The number of nitrogens with zero attached hydrogens (tertiary/aromatic N) is 1. The highest BCUT2D eigenvalue weighted by molar-refractivity contribution is 14.0. The van der Waals surface area contributed by atoms with Crippen molar-refractivity contribution in [1.29, 1.82) is 0 Å². The second kappa shape index (κ2) is 13.2. The van der Waals surface area contributed by atoms with Gasteiger partial charge in [0.2, 0.25) is 0 Å². The van der Waals surface area contributed by atoms with Crippen LogP contribution in [0, 0.1) is 0 Å². The second-order valence-corrected chi connectivity index (χ2v) is 6.28. The highest BCUT2D eigenvalue weighted by atomic mass is 127. The third-order valence-electron chi connectivity index (χ3n) is 2.91. The highest BCUT2D eigenvalue weighted by Gasteiger charge is 2.03. The molecule has 6 nitrogen and oxygen atoms in total. The number of hydrogen-bond acceptors (Lipinski definition) is 3. The fourth-order valence-electron chi connectivity index (χ4n) is 1.81. The maximum Gasteiger partial charge on any atom is 0.319 e. The number of hydrogen-bond donors (Lipinski definition) is 4. The fraction of sp³-hybridized carbons (Fsp3) is 0.500. The monoisotopic (exact) mass is 465 g/mol. The van der Waals surface area contributed by atoms with Crippen molar-refractivity contribution in [2.45, 2.75) is 26.4 Å². The summed E-state index contributed by atoms with van der Waals surface area (Å²) in [6, 6.07) is 7.66. The Bertz CT molecular complexity index is 508. The molecule has 0 fully saturated rings. The predicted octanol–water partition coefficient (Wildman–Crippen LogP) is 2.86. The van der Waals surface area contributed by atoms with Crippen molar-refractivity contribution in [2.75, 3.05) is 30.9 Å². The number of halogens is 1. The molecule has 1 aromatic carbocycles. The van der Waals surface area contributed by atoms with Gasteiger partial charge in [0.25, 0.3) is 0 Å². The van der Waals surface area contributed by atoms with Gasteiger partial charge < -0.3 is 21.3 Å². The number of anilines is 1. The zero-order valence-corrected chi connectivity index (χ0v) is 17.8. The van der Waals surface area contributed by atoms with Crippen LogP contribution in [0.15, 0.2) is 29.3 Å². The van der Waals surface area contributed by atoms with Gasteiger partial charge >= 0.3 is 6.03 Å². The smallest absolute Gasteiger partial charge is 0.319 e. The van der Waals surface area contributed by atoms with Crippen LogP contribution < -0.4 is 21.3 Å². The lowest BCUT2D eigenvalue weighted by Crippen LogP contribution is -2.37. The van der Waals surface area contributed by atoms with Crippen molar-refractivity contribution in [3.63, 3.8) is 0 Å². The largest absolute Gasteiger partial charge is 0.356 e. The van der Waals surface area contributed by atoms with Gasteiger partial charge in [-0.2, -0.15) is 11.8 Å². The first-order valence-electron chi connectivity index (χ1n) is 7.65. The van der Waals surface area contributed by atoms with Crippen molar-refractivity contribution in [3.05, 3.63) is 29.8 Å². The van der Waals surface area contributed by atoms with Crippen molar-refractivity contribution in [3.8, 4) is 0 Å². The number of nitrogens with one attached hydrogen (secondary N) is 4. The maximum absolute atomic E-state index is 11.6. The van der Waals surface area contributed by atoms with Crippen LogP contribution in [0.5, 0.6) is 0 Å². The van der Waals surface area contributed by atoms with Gasteiger partial charge in [-0.1, -0.05) is 12.1 Å². The summed E-state index contributed by atoms with van der Waals surface area (Å²) in [6.45, 7) is 5.41. The van der Waals surface area contributed by atoms with Gasteiger partial charge in [0.05, 0.1) is 0 Å². The van der Waals surface area contributed by atoms with E-state index in [9.17, 15) is 4.79 Å². The van der Waals surface area contributed by atoms with E-state index >= 15 is 0 Å². The molecule has 0 spiro atoms. The van der Waals surface area contributed by atoms with E-state index in [1.807, 2.05) is 38.1 Å². The lowest BCUT2D eigenvalue weighted by Gasteiger charge is -2.12. The van der Waals surface area contributed by atoms with Crippen molar-refractivity contribution in [2.24, 2.45) is 4.99 Å². The Labute approximate surface area is 166 Å². The van der Waals surface area contributed by atoms with E-state index in [1.165, 1.54) is 0 Å². The molecule has 1 aromatic rings. The predicted molar refractivity (Wildman–Crippen MR) is 116 cm³/mol. The van der Waals surface area contributed by atoms with Gasteiger partial charge in [-0.25, -0.2) is 4.79 Å². The van der Waals surface area contributed by atoms with Gasteiger partial charge in [-0.15, -0.1) is 24.0 Å². The summed E-state index contributed by atoms with van der Waals surface area (Å²) in [5, 5.41) is 12.1. The molecule has 0 atom stereocenters. The van der Waals surface area contributed by atoms with E-state index in [-0.39, 0.29) is 36.0 Å². The molecule has 0 radical (unpaired) electrons. The van der Waals surface area contributed by atoms with Crippen LogP contribution in [0.3, 0.4) is 0 Å². The summed E-state index contributed by atoms with van der Waals surface area (Å²) >= 11 is 1.79. The number of guanidine groups is 1. The fourth-order valence-corrected chi connectivity index (χ4v) is 2.12. The summed E-state index contributed by atoms with van der Waals surface area (Å²) in [4.78, 5) is 15.8. The van der Waals surface area contributed by atoms with Gasteiger partial charge in [0.1, 0.15) is 0 Å². The van der Waals surface area contributed by atoms with E-state index in [0.717, 1.165) is 29.5 Å². The van der Waals surface area contributed by atoms with Crippen molar-refractivity contribution in [1.82, 2.24) is 16.0 Å². The van der Waals surface area contributed by atoms with Gasteiger partial charge in [0, 0.05) is 37.6 Å². The highest BCUT2D eigenvalue weighted by Crippen LogP contribution is 2.09. The summed E-state index contributed by atoms with van der Waals surface area (Å²) in [6.07, 6.45) is 2.08. The molecule has 1 rings (SSSR count). The zero-order valence-electron chi connectivity index (χ0n) is 14.7. The zero-order chi connectivity index (χ0) is 17.1. The number of carbonyl (C=O) groups is 1. The van der Waals surface area contributed by atoms with E-state index in [1.54, 1.807) is 18.8 Å². The van der Waals surface area contributed by atoms with Crippen molar-refractivity contribution >= 4 is 53.4 Å². The van der Waals surface area contributed by atoms with Crippen LogP contribution in [-0.2, 0) is 6.54 Å². The number of aliphatic imine (C=N–C) groups is 1. The Morgan fingerprint density at radius 2 is 1.88 bits per heavy atom. The van der Waals surface area contributed by atoms with E-state index in [2.05, 4.69) is 32.5 Å². The molecule has 0 bridgehead atoms. The molecule has 136 valence electrons. The van der Waals surface area contributed by atoms with Gasteiger partial charge in [0.15, 0.2) is 5.96 Å². The molecule has 0 aliphatic carbocycles. The summed E-state index contributed by atoms with van der Waals surface area (Å²) < 4.78 is 0. The number of urea groups is 1. The average Bonchev–Trinajstić information content (AvgIpc) is 2.51. The molecule has 0 saturated heterocycles. The molecule has 0 unspecified atom stereocenters. The van der Waals surface area contributed by atoms with Crippen LogP contribution in [0.2, 0.25) is 0 Å². The number of benzene rings is 1. The maximum atomic E-state index is 11.6. The molecule has 2 amide bonds. The van der Waals surface area contributed by atoms with Crippen molar-refractivity contribution < 1.29 is 4.79 Å². The van der Waals surface area contributed by atoms with Gasteiger partial charge in [-0.05, 0) is 37.8 Å². The standard InChI is InChI=1S/C16H27N5OS.HI/c1-12(2)20-16(22)21-14-7-5-13(6-8-14)11-19-15(17-3)18-9-10-23-4;/h5-8,12H,9-11H2,1-4H3,(H2,17,18,19)(H2,20,21,22);1H. The Morgan fingerprint density at radius 3 is 2.42 bits per heavy atom. The van der Waals surface area contributed by atoms with Crippen LogP contribution in [0.1, 0.15) is 19.4 Å². The Hall–Kier alpha value is -1.16. The molecule has 0 heterocycles. The van der Waals surface area contributed by atoms with E-state index in [4.69, 9.17) is 0 Å². The number of rotatable bonds is 7. The molecule has 0 aromatic heterocycles. The third kappa shape index (κ3) is 9.86. The van der Waals surface area contributed by atoms with E-state index < -0.39 is 0 Å². The first kappa shape index (κ1) is 22.8. The molecule has 0 aliphatic heterocycles. The minimum atomic E-state index is -0.190. The first-order valence-corrected chi connectivity index (χ1v) is 9.04. The summed E-state index contributed by atoms with van der Waals surface area (Å²) in [5.41, 5.74) is 1.89. The Kier molecular flexibility index (Phi) is 12.5. The van der Waals surface area contributed by atoms with E-state index in [0.29, 0.717) is 6.54 Å². The summed E-state index contributed by atoms with van der Waals surface area (Å²) in [5.74, 6) is 1.83. The normalized spacial score (nSPS) is 10.8. The lowest BCUT2D eigenvalue weighted by atomic mass is 10.2. The minimum absolute atomic E-state index is 0. The lowest BCUT2D eigenvalue weighted by molar-refractivity contribution is 0.250. The first-order chi connectivity index (χ1) is 11.0. The van der Waals surface area contributed by atoms with Gasteiger partial charge in [-0.3, -0.25) is 4.99 Å². The third-order valence-corrected chi connectivity index (χ3v) is 3.53. The number of carbonyl (C=O) groups excluding carboxylic acids is 1. The average molecular weight is 465 g/mol. The molecule has 0 aliphatic rings. The SMILES string of the molecule is CN=C(NCCSC)NCc1ccc(NC(=O)NC(C)C)cc1.I. The van der Waals surface area contributed by atoms with Crippen LogP contribution in [0.25, 0.3) is 0 Å². The minimum Gasteiger partial charge on any atom is -0.356 e.